The second kappa shape index (κ2) is 7.35. The van der Waals surface area contributed by atoms with E-state index in [0.29, 0.717) is 43.2 Å². The van der Waals surface area contributed by atoms with Crippen molar-refractivity contribution in [3.8, 4) is 0 Å². The van der Waals surface area contributed by atoms with Gasteiger partial charge in [0.1, 0.15) is 5.76 Å². The molecule has 7 nitrogen and oxygen atoms in total. The van der Waals surface area contributed by atoms with Crippen molar-refractivity contribution < 1.29 is 27.0 Å². The van der Waals surface area contributed by atoms with Crippen molar-refractivity contribution in [1.29, 1.82) is 0 Å². The van der Waals surface area contributed by atoms with Crippen LogP contribution in [0.3, 0.4) is 0 Å². The van der Waals surface area contributed by atoms with Crippen molar-refractivity contribution in [2.24, 2.45) is 0 Å². The van der Waals surface area contributed by atoms with Gasteiger partial charge in [0.05, 0.1) is 16.6 Å². The van der Waals surface area contributed by atoms with E-state index < -0.39 is 11.7 Å². The van der Waals surface area contributed by atoms with Crippen LogP contribution in [0.25, 0.3) is 11.1 Å². The fraction of sp³-hybridized carbons (Fsp3) is 0.524. The molecule has 31 heavy (non-hydrogen) atoms. The highest BCUT2D eigenvalue weighted by atomic mass is 19.4. The number of halogens is 3. The Morgan fingerprint density at radius 3 is 2.68 bits per heavy atom. The van der Waals surface area contributed by atoms with Crippen molar-refractivity contribution in [2.75, 3.05) is 13.1 Å². The van der Waals surface area contributed by atoms with Gasteiger partial charge in [0, 0.05) is 36.7 Å². The van der Waals surface area contributed by atoms with Crippen LogP contribution >= 0.6 is 0 Å². The second-order valence-corrected chi connectivity index (χ2v) is 8.24. The number of aromatic nitrogens is 3. The molecule has 0 unspecified atom stereocenters. The molecule has 10 heteroatoms. The molecule has 3 aromatic heterocycles. The van der Waals surface area contributed by atoms with Gasteiger partial charge in [-0.15, -0.1) is 0 Å². The number of carbonyl (C=O) groups is 1. The number of hydrogen-bond donors (Lipinski definition) is 0. The van der Waals surface area contributed by atoms with Crippen LogP contribution in [0.2, 0.25) is 0 Å². The number of amides is 1. The standard InChI is InChI=1S/C21H21F3N4O3/c1-2-13-8-14(21(22,23)24)17-18(27-31-19(17)25-13)12-4-3-7-28(10-12)20(29)15-9-16(30-26-15)11-5-6-11/h8-9,11-12H,2-7,10H2,1H3/t12-/m1/s1. The third-order valence-electron chi connectivity index (χ3n) is 6.02. The van der Waals surface area contributed by atoms with Gasteiger partial charge in [-0.3, -0.25) is 4.79 Å². The van der Waals surface area contributed by atoms with Gasteiger partial charge in [0.2, 0.25) is 0 Å². The molecule has 0 radical (unpaired) electrons. The molecule has 1 atom stereocenters. The zero-order valence-electron chi connectivity index (χ0n) is 16.9. The Morgan fingerprint density at radius 1 is 1.16 bits per heavy atom. The Morgan fingerprint density at radius 2 is 1.97 bits per heavy atom. The number of pyridine rings is 1. The highest BCUT2D eigenvalue weighted by Crippen LogP contribution is 2.41. The Hall–Kier alpha value is -2.91. The predicted molar refractivity (Wildman–Crippen MR) is 103 cm³/mol. The van der Waals surface area contributed by atoms with Gasteiger partial charge >= 0.3 is 6.18 Å². The summed E-state index contributed by atoms with van der Waals surface area (Å²) in [6, 6.07) is 2.73. The fourth-order valence-corrected chi connectivity index (χ4v) is 4.20. The minimum Gasteiger partial charge on any atom is -0.360 e. The number of aryl methyl sites for hydroxylation is 1. The van der Waals surface area contributed by atoms with Crippen LogP contribution in [0.15, 0.2) is 21.2 Å². The lowest BCUT2D eigenvalue weighted by molar-refractivity contribution is -0.136. The van der Waals surface area contributed by atoms with Gasteiger partial charge in [-0.2, -0.15) is 13.2 Å². The Labute approximate surface area is 175 Å². The van der Waals surface area contributed by atoms with E-state index in [9.17, 15) is 18.0 Å². The Bertz CT molecular complexity index is 1130. The zero-order chi connectivity index (χ0) is 21.8. The molecular formula is C21H21F3N4O3. The van der Waals surface area contributed by atoms with E-state index in [-0.39, 0.29) is 40.9 Å². The quantitative estimate of drug-likeness (QED) is 0.592. The number of rotatable bonds is 4. The van der Waals surface area contributed by atoms with E-state index in [2.05, 4.69) is 15.3 Å². The molecule has 5 rings (SSSR count). The van der Waals surface area contributed by atoms with Crippen LogP contribution < -0.4 is 0 Å². The summed E-state index contributed by atoms with van der Waals surface area (Å²) in [5.74, 6) is 0.387. The summed E-state index contributed by atoms with van der Waals surface area (Å²) in [6.07, 6.45) is -0.909. The number of piperidine rings is 1. The van der Waals surface area contributed by atoms with Crippen molar-refractivity contribution in [3.05, 3.63) is 40.5 Å². The smallest absolute Gasteiger partial charge is 0.360 e. The third-order valence-corrected chi connectivity index (χ3v) is 6.02. The van der Waals surface area contributed by atoms with Gasteiger partial charge in [-0.1, -0.05) is 17.2 Å². The minimum absolute atomic E-state index is 0.110. The molecule has 3 aromatic rings. The van der Waals surface area contributed by atoms with E-state index in [1.54, 1.807) is 17.9 Å². The molecule has 1 saturated carbocycles. The van der Waals surface area contributed by atoms with Gasteiger partial charge in [0.15, 0.2) is 5.69 Å². The van der Waals surface area contributed by atoms with Gasteiger partial charge < -0.3 is 13.9 Å². The van der Waals surface area contributed by atoms with Crippen LogP contribution in [0.4, 0.5) is 13.2 Å². The molecular weight excluding hydrogens is 413 g/mol. The summed E-state index contributed by atoms with van der Waals surface area (Å²) in [7, 11) is 0. The summed E-state index contributed by atoms with van der Waals surface area (Å²) in [4.78, 5) is 18.7. The number of nitrogens with zero attached hydrogens (tertiary/aromatic N) is 4. The fourth-order valence-electron chi connectivity index (χ4n) is 4.20. The largest absolute Gasteiger partial charge is 0.417 e. The molecule has 2 aliphatic rings. The van der Waals surface area contributed by atoms with Crippen molar-refractivity contribution >= 4 is 17.0 Å². The average molecular weight is 434 g/mol. The summed E-state index contributed by atoms with van der Waals surface area (Å²) >= 11 is 0. The first kappa shape index (κ1) is 20.0. The SMILES string of the molecule is CCc1cc(C(F)(F)F)c2c([C@@H]3CCCN(C(=O)c4cc(C5CC5)on4)C3)noc2n1. The maximum atomic E-state index is 13.8. The van der Waals surface area contributed by atoms with E-state index in [1.807, 2.05) is 0 Å². The summed E-state index contributed by atoms with van der Waals surface area (Å²) in [5.41, 5.74) is -0.178. The van der Waals surface area contributed by atoms with Gasteiger partial charge in [-0.05, 0) is 38.2 Å². The van der Waals surface area contributed by atoms with Gasteiger partial charge in [0.25, 0.3) is 11.6 Å². The first-order valence-electron chi connectivity index (χ1n) is 10.5. The predicted octanol–water partition coefficient (Wildman–Crippen LogP) is 4.69. The van der Waals surface area contributed by atoms with Crippen LogP contribution in [0.5, 0.6) is 0 Å². The van der Waals surface area contributed by atoms with E-state index in [1.165, 1.54) is 0 Å². The lowest BCUT2D eigenvalue weighted by atomic mass is 9.91. The molecule has 164 valence electrons. The van der Waals surface area contributed by atoms with Crippen LogP contribution in [-0.2, 0) is 12.6 Å². The third kappa shape index (κ3) is 3.68. The van der Waals surface area contributed by atoms with Crippen LogP contribution in [-0.4, -0.2) is 39.2 Å². The monoisotopic (exact) mass is 434 g/mol. The van der Waals surface area contributed by atoms with Crippen molar-refractivity contribution in [3.63, 3.8) is 0 Å². The first-order valence-corrected chi connectivity index (χ1v) is 10.5. The first-order chi connectivity index (χ1) is 14.8. The zero-order valence-corrected chi connectivity index (χ0v) is 16.9. The Kier molecular flexibility index (Phi) is 4.75. The molecule has 0 N–H and O–H groups in total. The molecule has 0 spiro atoms. The van der Waals surface area contributed by atoms with E-state index in [0.717, 1.165) is 18.9 Å². The lowest BCUT2D eigenvalue weighted by Crippen LogP contribution is -2.39. The van der Waals surface area contributed by atoms with E-state index >= 15 is 0 Å². The lowest BCUT2D eigenvalue weighted by Gasteiger charge is -2.31. The minimum atomic E-state index is -4.56. The van der Waals surface area contributed by atoms with E-state index in [4.69, 9.17) is 9.05 Å². The number of likely N-dealkylation sites (tertiary alicyclic amines) is 1. The molecule has 0 aromatic carbocycles. The Balaban J connectivity index is 1.45. The van der Waals surface area contributed by atoms with Crippen LogP contribution in [0, 0.1) is 0 Å². The molecule has 1 amide bonds. The number of fused-ring (bicyclic) bond motifs is 1. The normalized spacial score (nSPS) is 19.9. The second-order valence-electron chi connectivity index (χ2n) is 8.24. The van der Waals surface area contributed by atoms with Crippen LogP contribution in [0.1, 0.15) is 77.6 Å². The molecule has 1 saturated heterocycles. The maximum Gasteiger partial charge on any atom is 0.417 e. The highest BCUT2D eigenvalue weighted by molar-refractivity contribution is 5.92. The molecule has 4 heterocycles. The maximum absolute atomic E-state index is 13.8. The topological polar surface area (TPSA) is 85.3 Å². The van der Waals surface area contributed by atoms with Crippen molar-refractivity contribution in [1.82, 2.24) is 20.2 Å². The number of hydrogen-bond acceptors (Lipinski definition) is 6. The highest BCUT2D eigenvalue weighted by Gasteiger charge is 2.38. The van der Waals surface area contributed by atoms with Crippen molar-refractivity contribution in [2.45, 2.75) is 57.0 Å². The van der Waals surface area contributed by atoms with Gasteiger partial charge in [-0.25, -0.2) is 4.98 Å². The summed E-state index contributed by atoms with van der Waals surface area (Å²) in [6.45, 7) is 2.47. The average Bonchev–Trinajstić information content (AvgIpc) is 3.33. The number of carbonyl (C=O) groups excluding carboxylic acids is 1. The molecule has 2 fully saturated rings. The summed E-state index contributed by atoms with van der Waals surface area (Å²) in [5, 5.41) is 7.75. The molecule has 1 aliphatic carbocycles. The summed E-state index contributed by atoms with van der Waals surface area (Å²) < 4.78 is 51.8. The number of alkyl halides is 3. The molecule has 1 aliphatic heterocycles. The molecule has 0 bridgehead atoms.